The lowest BCUT2D eigenvalue weighted by molar-refractivity contribution is 0.654. The number of rotatable bonds is 4. The monoisotopic (exact) mass is 204 g/mol. The van der Waals surface area contributed by atoms with Crippen LogP contribution in [0.5, 0.6) is 0 Å². The summed E-state index contributed by atoms with van der Waals surface area (Å²) in [6, 6.07) is 0. The molecule has 0 bridgehead atoms. The van der Waals surface area contributed by atoms with Gasteiger partial charge in [0, 0.05) is 38.3 Å². The van der Waals surface area contributed by atoms with E-state index in [0.29, 0.717) is 0 Å². The van der Waals surface area contributed by atoms with Crippen LogP contribution >= 0.6 is 0 Å². The molecule has 2 heterocycles. The van der Waals surface area contributed by atoms with Crippen LogP contribution in [0.4, 0.5) is 0 Å². The fourth-order valence-corrected chi connectivity index (χ4v) is 1.64. The lowest BCUT2D eigenvalue weighted by Gasteiger charge is -2.06. The number of nitrogens with zero attached hydrogens (tertiary/aromatic N) is 4. The summed E-state index contributed by atoms with van der Waals surface area (Å²) >= 11 is 0. The third-order valence-corrected chi connectivity index (χ3v) is 2.51. The number of aromatic nitrogens is 4. The Balaban J connectivity index is 2.17. The number of imidazole rings is 2. The highest BCUT2D eigenvalue weighted by molar-refractivity contribution is 4.99. The minimum absolute atomic E-state index is 0.804. The molecule has 4 heteroatoms. The van der Waals surface area contributed by atoms with Gasteiger partial charge in [-0.3, -0.25) is 0 Å². The van der Waals surface area contributed by atoms with Crippen LogP contribution in [0.15, 0.2) is 24.8 Å². The Morgan fingerprint density at radius 3 is 2.53 bits per heavy atom. The second kappa shape index (κ2) is 4.29. The van der Waals surface area contributed by atoms with E-state index in [2.05, 4.69) is 21.5 Å². The second-order valence-electron chi connectivity index (χ2n) is 3.68. The molecule has 0 spiro atoms. The summed E-state index contributed by atoms with van der Waals surface area (Å²) in [6.45, 7) is 2.97. The summed E-state index contributed by atoms with van der Waals surface area (Å²) in [5.41, 5.74) is 0. The van der Waals surface area contributed by atoms with Crippen LogP contribution in [-0.4, -0.2) is 19.1 Å². The van der Waals surface area contributed by atoms with E-state index in [9.17, 15) is 0 Å². The minimum atomic E-state index is 0.804. The quantitative estimate of drug-likeness (QED) is 0.758. The minimum Gasteiger partial charge on any atom is -0.337 e. The lowest BCUT2D eigenvalue weighted by Crippen LogP contribution is -2.08. The van der Waals surface area contributed by atoms with Gasteiger partial charge in [-0.2, -0.15) is 0 Å². The van der Waals surface area contributed by atoms with Gasteiger partial charge in [0.15, 0.2) is 0 Å². The molecule has 2 aromatic rings. The van der Waals surface area contributed by atoms with E-state index >= 15 is 0 Å². The molecule has 0 fully saturated rings. The van der Waals surface area contributed by atoms with Gasteiger partial charge in [0.2, 0.25) is 0 Å². The summed E-state index contributed by atoms with van der Waals surface area (Å²) < 4.78 is 4.20. The van der Waals surface area contributed by atoms with E-state index in [1.807, 2.05) is 36.4 Å². The molecule has 0 aliphatic rings. The van der Waals surface area contributed by atoms with Gasteiger partial charge in [0.05, 0.1) is 6.54 Å². The van der Waals surface area contributed by atoms with Crippen molar-refractivity contribution in [2.75, 3.05) is 0 Å². The zero-order valence-corrected chi connectivity index (χ0v) is 9.22. The maximum atomic E-state index is 4.34. The Hall–Kier alpha value is -1.58. The van der Waals surface area contributed by atoms with E-state index in [0.717, 1.165) is 31.0 Å². The van der Waals surface area contributed by atoms with Crippen LogP contribution in [0, 0.1) is 0 Å². The van der Waals surface area contributed by atoms with Gasteiger partial charge >= 0.3 is 0 Å². The van der Waals surface area contributed by atoms with Crippen molar-refractivity contribution in [3.63, 3.8) is 0 Å². The molecule has 0 aliphatic heterocycles. The second-order valence-corrected chi connectivity index (χ2v) is 3.68. The predicted octanol–water partition coefficient (Wildman–Crippen LogP) is 1.62. The van der Waals surface area contributed by atoms with Gasteiger partial charge < -0.3 is 9.13 Å². The molecule has 2 rings (SSSR count). The van der Waals surface area contributed by atoms with Gasteiger partial charge in [-0.05, 0) is 6.42 Å². The van der Waals surface area contributed by atoms with Crippen LogP contribution in [-0.2, 0) is 20.0 Å². The molecular formula is C11H16N4. The fraction of sp³-hybridized carbons (Fsp3) is 0.455. The SMILES string of the molecule is CCCc1nccn1Cc1nccn1C. The third-order valence-electron chi connectivity index (χ3n) is 2.51. The maximum Gasteiger partial charge on any atom is 0.128 e. The van der Waals surface area contributed by atoms with Crippen molar-refractivity contribution in [2.45, 2.75) is 26.3 Å². The zero-order valence-electron chi connectivity index (χ0n) is 9.22. The standard InChI is InChI=1S/C11H16N4/c1-3-4-10-12-6-8-15(10)9-11-13-5-7-14(11)2/h5-8H,3-4,9H2,1-2H3. The van der Waals surface area contributed by atoms with Crippen molar-refractivity contribution in [3.8, 4) is 0 Å². The highest BCUT2D eigenvalue weighted by atomic mass is 15.1. The van der Waals surface area contributed by atoms with Crippen molar-refractivity contribution in [3.05, 3.63) is 36.4 Å². The molecule has 0 aromatic carbocycles. The van der Waals surface area contributed by atoms with Crippen molar-refractivity contribution < 1.29 is 0 Å². The van der Waals surface area contributed by atoms with Gasteiger partial charge in [0.1, 0.15) is 11.6 Å². The van der Waals surface area contributed by atoms with E-state index in [4.69, 9.17) is 0 Å². The molecule has 0 radical (unpaired) electrons. The Labute approximate surface area is 89.6 Å². The van der Waals surface area contributed by atoms with E-state index in [1.54, 1.807) is 0 Å². The fourth-order valence-electron chi connectivity index (χ4n) is 1.64. The van der Waals surface area contributed by atoms with Crippen molar-refractivity contribution in [2.24, 2.45) is 7.05 Å². The predicted molar refractivity (Wildman–Crippen MR) is 58.5 cm³/mol. The average Bonchev–Trinajstić information content (AvgIpc) is 2.80. The molecule has 0 aliphatic carbocycles. The van der Waals surface area contributed by atoms with Gasteiger partial charge in [-0.1, -0.05) is 6.92 Å². The van der Waals surface area contributed by atoms with Crippen LogP contribution in [0.1, 0.15) is 25.0 Å². The third kappa shape index (κ3) is 2.09. The summed E-state index contributed by atoms with van der Waals surface area (Å²) in [6.07, 6.45) is 9.81. The molecule has 0 unspecified atom stereocenters. The summed E-state index contributed by atoms with van der Waals surface area (Å²) in [7, 11) is 2.01. The largest absolute Gasteiger partial charge is 0.337 e. The van der Waals surface area contributed by atoms with E-state index in [-0.39, 0.29) is 0 Å². The Morgan fingerprint density at radius 2 is 1.87 bits per heavy atom. The van der Waals surface area contributed by atoms with Crippen LogP contribution in [0.3, 0.4) is 0 Å². The lowest BCUT2D eigenvalue weighted by atomic mass is 10.3. The Bertz CT molecular complexity index is 427. The molecular weight excluding hydrogens is 188 g/mol. The van der Waals surface area contributed by atoms with Crippen molar-refractivity contribution >= 4 is 0 Å². The Morgan fingerprint density at radius 1 is 1.13 bits per heavy atom. The molecule has 0 saturated heterocycles. The van der Waals surface area contributed by atoms with E-state index in [1.165, 1.54) is 0 Å². The first-order valence-electron chi connectivity index (χ1n) is 5.27. The number of aryl methyl sites for hydroxylation is 2. The Kier molecular flexibility index (Phi) is 2.85. The maximum absolute atomic E-state index is 4.34. The number of hydrogen-bond donors (Lipinski definition) is 0. The van der Waals surface area contributed by atoms with Crippen molar-refractivity contribution in [1.82, 2.24) is 19.1 Å². The van der Waals surface area contributed by atoms with Crippen LogP contribution in [0.2, 0.25) is 0 Å². The molecule has 0 N–H and O–H groups in total. The first kappa shape index (κ1) is 9.96. The highest BCUT2D eigenvalue weighted by Gasteiger charge is 2.04. The number of hydrogen-bond acceptors (Lipinski definition) is 2. The summed E-state index contributed by atoms with van der Waals surface area (Å²) in [5, 5.41) is 0. The molecule has 80 valence electrons. The normalized spacial score (nSPS) is 10.8. The van der Waals surface area contributed by atoms with E-state index < -0.39 is 0 Å². The van der Waals surface area contributed by atoms with Gasteiger partial charge in [-0.25, -0.2) is 9.97 Å². The highest BCUT2D eigenvalue weighted by Crippen LogP contribution is 2.05. The van der Waals surface area contributed by atoms with Gasteiger partial charge in [-0.15, -0.1) is 0 Å². The summed E-state index contributed by atoms with van der Waals surface area (Å²) in [5.74, 6) is 2.20. The first-order valence-corrected chi connectivity index (χ1v) is 5.27. The molecule has 0 atom stereocenters. The smallest absolute Gasteiger partial charge is 0.128 e. The molecule has 0 amide bonds. The summed E-state index contributed by atoms with van der Waals surface area (Å²) in [4.78, 5) is 8.65. The zero-order chi connectivity index (χ0) is 10.7. The van der Waals surface area contributed by atoms with Gasteiger partial charge in [0.25, 0.3) is 0 Å². The molecule has 0 saturated carbocycles. The topological polar surface area (TPSA) is 35.6 Å². The first-order chi connectivity index (χ1) is 7.31. The van der Waals surface area contributed by atoms with Crippen LogP contribution < -0.4 is 0 Å². The van der Waals surface area contributed by atoms with Crippen LogP contribution in [0.25, 0.3) is 0 Å². The molecule has 4 nitrogen and oxygen atoms in total. The van der Waals surface area contributed by atoms with Crippen molar-refractivity contribution in [1.29, 1.82) is 0 Å². The molecule has 15 heavy (non-hydrogen) atoms. The average molecular weight is 204 g/mol. The molecule has 2 aromatic heterocycles.